The van der Waals surface area contributed by atoms with E-state index in [2.05, 4.69) is 10.8 Å². The summed E-state index contributed by atoms with van der Waals surface area (Å²) in [7, 11) is 0. The molecule has 0 saturated carbocycles. The van der Waals surface area contributed by atoms with E-state index in [9.17, 15) is 4.79 Å². The van der Waals surface area contributed by atoms with E-state index in [-0.39, 0.29) is 5.37 Å². The van der Waals surface area contributed by atoms with Crippen LogP contribution in [0.25, 0.3) is 0 Å². The highest BCUT2D eigenvalue weighted by Crippen LogP contribution is 2.05. The third-order valence-corrected chi connectivity index (χ3v) is 2.66. The standard InChI is InChI=1S/C10H15ClN2O/c1-2-3-4-5-12-6-8-13(9-7-12)10(11)14/h1H,3-9H2. The number of halogens is 1. The first-order valence-electron chi connectivity index (χ1n) is 4.84. The van der Waals surface area contributed by atoms with Gasteiger partial charge in [0.1, 0.15) is 0 Å². The van der Waals surface area contributed by atoms with E-state index in [1.54, 1.807) is 4.90 Å². The number of carbonyl (C=O) groups excluding carboxylic acids is 1. The molecule has 1 heterocycles. The van der Waals surface area contributed by atoms with Crippen LogP contribution in [0.3, 0.4) is 0 Å². The van der Waals surface area contributed by atoms with Crippen molar-refractivity contribution in [2.75, 3.05) is 32.7 Å². The molecule has 0 aliphatic carbocycles. The maximum Gasteiger partial charge on any atom is 0.316 e. The Morgan fingerprint density at radius 1 is 1.36 bits per heavy atom. The van der Waals surface area contributed by atoms with Crippen LogP contribution >= 0.6 is 11.6 Å². The van der Waals surface area contributed by atoms with Gasteiger partial charge in [-0.3, -0.25) is 9.69 Å². The Kier molecular flexibility index (Phi) is 4.78. The van der Waals surface area contributed by atoms with E-state index in [0.717, 1.165) is 45.6 Å². The molecule has 1 aliphatic rings. The van der Waals surface area contributed by atoms with Crippen molar-refractivity contribution >= 4 is 17.0 Å². The van der Waals surface area contributed by atoms with Crippen molar-refractivity contribution in [3.8, 4) is 12.3 Å². The summed E-state index contributed by atoms with van der Waals surface area (Å²) in [6, 6.07) is 0. The Morgan fingerprint density at radius 3 is 2.50 bits per heavy atom. The number of nitrogens with zero attached hydrogens (tertiary/aromatic N) is 2. The molecule has 14 heavy (non-hydrogen) atoms. The van der Waals surface area contributed by atoms with Gasteiger partial charge in [0.25, 0.3) is 0 Å². The van der Waals surface area contributed by atoms with Crippen LogP contribution in [0.5, 0.6) is 0 Å². The van der Waals surface area contributed by atoms with Gasteiger partial charge in [0, 0.05) is 32.6 Å². The van der Waals surface area contributed by atoms with Gasteiger partial charge in [0.15, 0.2) is 0 Å². The minimum Gasteiger partial charge on any atom is -0.327 e. The lowest BCUT2D eigenvalue weighted by atomic mass is 10.2. The Bertz CT molecular complexity index is 229. The minimum absolute atomic E-state index is 0.340. The van der Waals surface area contributed by atoms with Crippen molar-refractivity contribution in [1.82, 2.24) is 9.80 Å². The third-order valence-electron chi connectivity index (χ3n) is 2.42. The molecule has 0 aromatic rings. The van der Waals surface area contributed by atoms with E-state index in [1.807, 2.05) is 0 Å². The summed E-state index contributed by atoms with van der Waals surface area (Å²) in [6.07, 6.45) is 7.03. The molecule has 0 bridgehead atoms. The smallest absolute Gasteiger partial charge is 0.316 e. The molecule has 78 valence electrons. The van der Waals surface area contributed by atoms with Gasteiger partial charge in [-0.05, 0) is 24.6 Å². The molecule has 0 aromatic heterocycles. The Hall–Kier alpha value is -0.720. The van der Waals surface area contributed by atoms with Gasteiger partial charge in [0.2, 0.25) is 0 Å². The molecular formula is C10H15ClN2O. The first kappa shape index (κ1) is 11.4. The Balaban J connectivity index is 2.16. The van der Waals surface area contributed by atoms with E-state index in [4.69, 9.17) is 18.0 Å². The van der Waals surface area contributed by atoms with Gasteiger partial charge in [-0.25, -0.2) is 0 Å². The number of carbonyl (C=O) groups is 1. The molecule has 3 nitrogen and oxygen atoms in total. The quantitative estimate of drug-likeness (QED) is 0.307. The maximum absolute atomic E-state index is 10.8. The number of hydrogen-bond donors (Lipinski definition) is 0. The number of piperazine rings is 1. The van der Waals surface area contributed by atoms with E-state index in [0.29, 0.717) is 0 Å². The van der Waals surface area contributed by atoms with Crippen LogP contribution in [0, 0.1) is 12.3 Å². The summed E-state index contributed by atoms with van der Waals surface area (Å²) in [6.45, 7) is 4.30. The molecule has 0 spiro atoms. The lowest BCUT2D eigenvalue weighted by molar-refractivity contribution is 0.152. The number of amides is 1. The van der Waals surface area contributed by atoms with Crippen LogP contribution in [0.2, 0.25) is 0 Å². The molecular weight excluding hydrogens is 200 g/mol. The van der Waals surface area contributed by atoms with Crippen LogP contribution in [0.1, 0.15) is 12.8 Å². The number of rotatable bonds is 3. The second kappa shape index (κ2) is 5.90. The molecule has 0 aromatic carbocycles. The van der Waals surface area contributed by atoms with Crippen molar-refractivity contribution in [1.29, 1.82) is 0 Å². The SMILES string of the molecule is C#CCCCN1CCN(C(=O)Cl)CC1. The van der Waals surface area contributed by atoms with Crippen molar-refractivity contribution in [3.63, 3.8) is 0 Å². The molecule has 1 aliphatic heterocycles. The Labute approximate surface area is 90.0 Å². The molecule has 0 atom stereocenters. The van der Waals surface area contributed by atoms with Gasteiger partial charge < -0.3 is 4.90 Å². The van der Waals surface area contributed by atoms with Gasteiger partial charge in [-0.1, -0.05) is 0 Å². The van der Waals surface area contributed by atoms with Gasteiger partial charge in [-0.2, -0.15) is 0 Å². The highest BCUT2D eigenvalue weighted by atomic mass is 35.5. The second-order valence-electron chi connectivity index (χ2n) is 3.39. The average molecular weight is 215 g/mol. The molecule has 4 heteroatoms. The zero-order valence-corrected chi connectivity index (χ0v) is 8.96. The predicted octanol–water partition coefficient (Wildman–Crippen LogP) is 1.38. The topological polar surface area (TPSA) is 23.6 Å². The molecule has 0 unspecified atom stereocenters. The minimum atomic E-state index is -0.340. The largest absolute Gasteiger partial charge is 0.327 e. The van der Waals surface area contributed by atoms with Crippen molar-refractivity contribution in [3.05, 3.63) is 0 Å². The normalized spacial score (nSPS) is 17.9. The van der Waals surface area contributed by atoms with Crippen LogP contribution in [0.4, 0.5) is 4.79 Å². The Morgan fingerprint density at radius 2 is 2.00 bits per heavy atom. The molecule has 1 amide bonds. The zero-order chi connectivity index (χ0) is 10.4. The zero-order valence-electron chi connectivity index (χ0n) is 8.21. The van der Waals surface area contributed by atoms with E-state index < -0.39 is 0 Å². The summed E-state index contributed by atoms with van der Waals surface area (Å²) in [5, 5.41) is -0.340. The van der Waals surface area contributed by atoms with Crippen molar-refractivity contribution in [2.24, 2.45) is 0 Å². The fourth-order valence-corrected chi connectivity index (χ4v) is 1.72. The predicted molar refractivity (Wildman–Crippen MR) is 57.3 cm³/mol. The molecule has 1 fully saturated rings. The number of terminal acetylenes is 1. The molecule has 1 saturated heterocycles. The first-order chi connectivity index (χ1) is 6.74. The first-order valence-corrected chi connectivity index (χ1v) is 5.22. The molecule has 0 N–H and O–H groups in total. The van der Waals surface area contributed by atoms with Crippen LogP contribution in [-0.2, 0) is 0 Å². The summed E-state index contributed by atoms with van der Waals surface area (Å²) in [4.78, 5) is 14.8. The highest BCUT2D eigenvalue weighted by Gasteiger charge is 2.18. The summed E-state index contributed by atoms with van der Waals surface area (Å²) >= 11 is 5.37. The second-order valence-corrected chi connectivity index (χ2v) is 3.71. The van der Waals surface area contributed by atoms with Crippen molar-refractivity contribution in [2.45, 2.75) is 12.8 Å². The monoisotopic (exact) mass is 214 g/mol. The summed E-state index contributed by atoms with van der Waals surface area (Å²) < 4.78 is 0. The fraction of sp³-hybridized carbons (Fsp3) is 0.700. The lowest BCUT2D eigenvalue weighted by Gasteiger charge is -2.33. The van der Waals surface area contributed by atoms with Gasteiger partial charge in [-0.15, -0.1) is 12.3 Å². The van der Waals surface area contributed by atoms with Gasteiger partial charge >= 0.3 is 5.37 Å². The average Bonchev–Trinajstić information content (AvgIpc) is 2.19. The third kappa shape index (κ3) is 3.57. The maximum atomic E-state index is 10.8. The van der Waals surface area contributed by atoms with E-state index >= 15 is 0 Å². The summed E-state index contributed by atoms with van der Waals surface area (Å²) in [5.41, 5.74) is 0. The number of unbranched alkanes of at least 4 members (excludes halogenated alkanes) is 1. The number of hydrogen-bond acceptors (Lipinski definition) is 2. The summed E-state index contributed by atoms with van der Waals surface area (Å²) in [5.74, 6) is 2.62. The van der Waals surface area contributed by atoms with Gasteiger partial charge in [0.05, 0.1) is 0 Å². The van der Waals surface area contributed by atoms with E-state index in [1.165, 1.54) is 0 Å². The molecule has 0 radical (unpaired) electrons. The van der Waals surface area contributed by atoms with Crippen molar-refractivity contribution < 1.29 is 4.79 Å². The lowest BCUT2D eigenvalue weighted by Crippen LogP contribution is -2.47. The van der Waals surface area contributed by atoms with Crippen LogP contribution in [0.15, 0.2) is 0 Å². The van der Waals surface area contributed by atoms with Crippen LogP contribution in [-0.4, -0.2) is 47.9 Å². The molecule has 1 rings (SSSR count). The van der Waals surface area contributed by atoms with Crippen LogP contribution < -0.4 is 0 Å². The highest BCUT2D eigenvalue weighted by molar-refractivity contribution is 6.62. The fourth-order valence-electron chi connectivity index (χ4n) is 1.55.